The van der Waals surface area contributed by atoms with Gasteiger partial charge in [-0.2, -0.15) is 5.10 Å². The van der Waals surface area contributed by atoms with Gasteiger partial charge in [-0.3, -0.25) is 9.48 Å². The number of morpholine rings is 1. The Hall–Kier alpha value is -2.18. The second kappa shape index (κ2) is 7.59. The molecule has 3 rings (SSSR count). The molecule has 6 nitrogen and oxygen atoms in total. The van der Waals surface area contributed by atoms with E-state index in [1.165, 1.54) is 0 Å². The van der Waals surface area contributed by atoms with Crippen LogP contribution in [0.3, 0.4) is 0 Å². The molecular weight excluding hydrogens is 304 g/mol. The van der Waals surface area contributed by atoms with Gasteiger partial charge in [0.1, 0.15) is 0 Å². The fourth-order valence-electron chi connectivity index (χ4n) is 2.89. The van der Waals surface area contributed by atoms with Crippen LogP contribution in [0.5, 0.6) is 0 Å². The van der Waals surface area contributed by atoms with Gasteiger partial charge in [0.2, 0.25) is 5.91 Å². The van der Waals surface area contributed by atoms with Gasteiger partial charge in [0.15, 0.2) is 0 Å². The number of nitrogens with one attached hydrogen (secondary N) is 2. The Morgan fingerprint density at radius 1 is 1.38 bits per heavy atom. The standard InChI is InChI=1S/C18H24N4O2/c1-13-9-14(2)22(21-13)11-15-3-5-16(6-4-15)20-18(23)10-17-12-24-8-7-19-17/h3-6,9,17,19H,7-8,10-12H2,1-2H3,(H,20,23)/t17-/m0/s1. The summed E-state index contributed by atoms with van der Waals surface area (Å²) in [4.78, 5) is 12.1. The van der Waals surface area contributed by atoms with Crippen LogP contribution in [0.15, 0.2) is 30.3 Å². The molecule has 0 aliphatic carbocycles. The van der Waals surface area contributed by atoms with E-state index >= 15 is 0 Å². The summed E-state index contributed by atoms with van der Waals surface area (Å²) < 4.78 is 7.35. The normalized spacial score (nSPS) is 17.7. The third kappa shape index (κ3) is 4.43. The number of rotatable bonds is 5. The van der Waals surface area contributed by atoms with Gasteiger partial charge < -0.3 is 15.4 Å². The Morgan fingerprint density at radius 2 is 2.17 bits per heavy atom. The quantitative estimate of drug-likeness (QED) is 0.879. The SMILES string of the molecule is Cc1cc(C)n(Cc2ccc(NC(=O)C[C@H]3COCCN3)cc2)n1. The summed E-state index contributed by atoms with van der Waals surface area (Å²) in [5.41, 5.74) is 4.14. The van der Waals surface area contributed by atoms with Gasteiger partial charge in [0.25, 0.3) is 0 Å². The predicted molar refractivity (Wildman–Crippen MR) is 93.1 cm³/mol. The van der Waals surface area contributed by atoms with Crippen molar-refractivity contribution in [2.24, 2.45) is 0 Å². The van der Waals surface area contributed by atoms with Crippen LogP contribution in [0.2, 0.25) is 0 Å². The zero-order valence-electron chi connectivity index (χ0n) is 14.2. The lowest BCUT2D eigenvalue weighted by Gasteiger charge is -2.23. The number of anilines is 1. The van der Waals surface area contributed by atoms with E-state index in [9.17, 15) is 4.79 Å². The van der Waals surface area contributed by atoms with Crippen molar-refractivity contribution in [1.82, 2.24) is 15.1 Å². The summed E-state index contributed by atoms with van der Waals surface area (Å²) in [5, 5.41) is 10.7. The summed E-state index contributed by atoms with van der Waals surface area (Å²) in [5.74, 6) is 0.00398. The van der Waals surface area contributed by atoms with Crippen molar-refractivity contribution in [2.75, 3.05) is 25.1 Å². The molecule has 0 spiro atoms. The molecule has 1 amide bonds. The highest BCUT2D eigenvalue weighted by atomic mass is 16.5. The van der Waals surface area contributed by atoms with Crippen molar-refractivity contribution in [3.8, 4) is 0 Å². The Bertz CT molecular complexity index is 688. The maximum absolute atomic E-state index is 12.1. The molecule has 1 atom stereocenters. The lowest BCUT2D eigenvalue weighted by molar-refractivity contribution is -0.117. The minimum Gasteiger partial charge on any atom is -0.378 e. The number of aryl methyl sites for hydroxylation is 2. The predicted octanol–water partition coefficient (Wildman–Crippen LogP) is 1.87. The summed E-state index contributed by atoms with van der Waals surface area (Å²) in [7, 11) is 0. The molecule has 0 unspecified atom stereocenters. The maximum Gasteiger partial charge on any atom is 0.226 e. The minimum absolute atomic E-state index is 0.00398. The Balaban J connectivity index is 1.54. The van der Waals surface area contributed by atoms with Crippen molar-refractivity contribution < 1.29 is 9.53 Å². The van der Waals surface area contributed by atoms with Gasteiger partial charge in [-0.05, 0) is 37.6 Å². The van der Waals surface area contributed by atoms with Gasteiger partial charge in [0.05, 0.1) is 25.5 Å². The van der Waals surface area contributed by atoms with Crippen molar-refractivity contribution in [2.45, 2.75) is 32.9 Å². The van der Waals surface area contributed by atoms with Crippen LogP contribution in [0.1, 0.15) is 23.4 Å². The van der Waals surface area contributed by atoms with Crippen LogP contribution in [-0.2, 0) is 16.1 Å². The lowest BCUT2D eigenvalue weighted by atomic mass is 10.1. The highest BCUT2D eigenvalue weighted by Crippen LogP contribution is 2.13. The third-order valence-electron chi connectivity index (χ3n) is 4.10. The second-order valence-electron chi connectivity index (χ2n) is 6.26. The zero-order valence-corrected chi connectivity index (χ0v) is 14.2. The van der Waals surface area contributed by atoms with Crippen LogP contribution in [0.4, 0.5) is 5.69 Å². The van der Waals surface area contributed by atoms with Crippen LogP contribution in [-0.4, -0.2) is 41.5 Å². The lowest BCUT2D eigenvalue weighted by Crippen LogP contribution is -2.43. The molecule has 1 fully saturated rings. The molecule has 0 radical (unpaired) electrons. The van der Waals surface area contributed by atoms with Crippen molar-refractivity contribution in [3.63, 3.8) is 0 Å². The van der Waals surface area contributed by atoms with E-state index in [0.29, 0.717) is 13.0 Å². The first-order chi connectivity index (χ1) is 11.6. The Kier molecular flexibility index (Phi) is 5.27. The molecule has 128 valence electrons. The number of carbonyl (C=O) groups is 1. The molecule has 6 heteroatoms. The number of hydrogen-bond acceptors (Lipinski definition) is 4. The monoisotopic (exact) mass is 328 g/mol. The smallest absolute Gasteiger partial charge is 0.226 e. The summed E-state index contributed by atoms with van der Waals surface area (Å²) >= 11 is 0. The third-order valence-corrected chi connectivity index (χ3v) is 4.10. The number of hydrogen-bond donors (Lipinski definition) is 2. The van der Waals surface area contributed by atoms with E-state index in [1.807, 2.05) is 35.9 Å². The second-order valence-corrected chi connectivity index (χ2v) is 6.26. The van der Waals surface area contributed by atoms with E-state index < -0.39 is 0 Å². The van der Waals surface area contributed by atoms with Crippen LogP contribution in [0, 0.1) is 13.8 Å². The van der Waals surface area contributed by atoms with Gasteiger partial charge >= 0.3 is 0 Å². The molecule has 1 aliphatic heterocycles. The number of amides is 1. The van der Waals surface area contributed by atoms with Crippen LogP contribution >= 0.6 is 0 Å². The minimum atomic E-state index is 0.00398. The highest BCUT2D eigenvalue weighted by molar-refractivity contribution is 5.91. The van der Waals surface area contributed by atoms with E-state index in [1.54, 1.807) is 0 Å². The highest BCUT2D eigenvalue weighted by Gasteiger charge is 2.16. The van der Waals surface area contributed by atoms with Crippen molar-refractivity contribution >= 4 is 11.6 Å². The summed E-state index contributed by atoms with van der Waals surface area (Å²) in [6.45, 7) is 6.89. The first-order valence-corrected chi connectivity index (χ1v) is 8.31. The van der Waals surface area contributed by atoms with Gasteiger partial charge in [-0.15, -0.1) is 0 Å². The molecule has 0 saturated carbocycles. The number of benzene rings is 1. The van der Waals surface area contributed by atoms with E-state index in [0.717, 1.165) is 42.3 Å². The van der Waals surface area contributed by atoms with E-state index in [4.69, 9.17) is 4.74 Å². The molecule has 1 aromatic carbocycles. The van der Waals surface area contributed by atoms with E-state index in [-0.39, 0.29) is 11.9 Å². The molecule has 2 N–H and O–H groups in total. The molecule has 2 aromatic rings. The molecular formula is C18H24N4O2. The average molecular weight is 328 g/mol. The number of nitrogens with zero attached hydrogens (tertiary/aromatic N) is 2. The zero-order chi connectivity index (χ0) is 16.9. The number of aromatic nitrogens is 2. The summed E-state index contributed by atoms with van der Waals surface area (Å²) in [6, 6.07) is 10.1. The van der Waals surface area contributed by atoms with E-state index in [2.05, 4.69) is 28.7 Å². The Morgan fingerprint density at radius 3 is 2.79 bits per heavy atom. The van der Waals surface area contributed by atoms with Gasteiger partial charge in [0, 0.05) is 30.4 Å². The molecule has 1 saturated heterocycles. The largest absolute Gasteiger partial charge is 0.378 e. The van der Waals surface area contributed by atoms with Crippen molar-refractivity contribution in [3.05, 3.63) is 47.3 Å². The van der Waals surface area contributed by atoms with Gasteiger partial charge in [-0.1, -0.05) is 12.1 Å². The molecule has 1 aromatic heterocycles. The van der Waals surface area contributed by atoms with Gasteiger partial charge in [-0.25, -0.2) is 0 Å². The molecule has 2 heterocycles. The molecule has 1 aliphatic rings. The maximum atomic E-state index is 12.1. The fourth-order valence-corrected chi connectivity index (χ4v) is 2.89. The summed E-state index contributed by atoms with van der Waals surface area (Å²) in [6.07, 6.45) is 0.424. The topological polar surface area (TPSA) is 68.2 Å². The first-order valence-electron chi connectivity index (χ1n) is 8.31. The molecule has 0 bridgehead atoms. The van der Waals surface area contributed by atoms with Crippen LogP contribution in [0.25, 0.3) is 0 Å². The first kappa shape index (κ1) is 16.7. The number of ether oxygens (including phenoxy) is 1. The molecule has 24 heavy (non-hydrogen) atoms. The Labute approximate surface area is 142 Å². The average Bonchev–Trinajstić information content (AvgIpc) is 2.87. The fraction of sp³-hybridized carbons (Fsp3) is 0.444. The van der Waals surface area contributed by atoms with Crippen LogP contribution < -0.4 is 10.6 Å². The number of carbonyl (C=O) groups excluding carboxylic acids is 1. The van der Waals surface area contributed by atoms with Crippen molar-refractivity contribution in [1.29, 1.82) is 0 Å².